The van der Waals surface area contributed by atoms with Crippen LogP contribution in [0.4, 0.5) is 0 Å². The quantitative estimate of drug-likeness (QED) is 0.474. The van der Waals surface area contributed by atoms with Crippen molar-refractivity contribution in [1.82, 2.24) is 5.32 Å². The number of aliphatic carboxylic acids is 1. The maximum Gasteiger partial charge on any atom is 0.335 e. The smallest absolute Gasteiger partial charge is 0.335 e. The molecule has 2 aliphatic rings. The molecule has 0 bridgehead atoms. The Morgan fingerprint density at radius 2 is 1.83 bits per heavy atom. The van der Waals surface area contributed by atoms with E-state index in [9.17, 15) is 25.2 Å². The van der Waals surface area contributed by atoms with Crippen LogP contribution in [0.2, 0.25) is 0 Å². The van der Waals surface area contributed by atoms with Gasteiger partial charge in [-0.3, -0.25) is 0 Å². The number of rotatable bonds is 4. The number of carboxylic acid groups (broad SMARTS) is 1. The second-order valence-corrected chi connectivity index (χ2v) is 8.34. The first kappa shape index (κ1) is 21.1. The molecule has 5 N–H and O–H groups in total. The van der Waals surface area contributed by atoms with Gasteiger partial charge in [0.2, 0.25) is 6.29 Å². The van der Waals surface area contributed by atoms with E-state index in [-0.39, 0.29) is 6.04 Å². The fourth-order valence-corrected chi connectivity index (χ4v) is 4.64. The number of ether oxygens (including phenoxy) is 2. The van der Waals surface area contributed by atoms with Crippen molar-refractivity contribution in [3.8, 4) is 5.75 Å². The molecule has 2 aromatic rings. The van der Waals surface area contributed by atoms with E-state index in [1.54, 1.807) is 17.8 Å². The summed E-state index contributed by atoms with van der Waals surface area (Å²) in [5.41, 5.74) is 2.22. The fraction of sp³-hybridized carbons (Fsp3) is 0.381. The Labute approximate surface area is 177 Å². The molecular formula is C21H23NO7S. The van der Waals surface area contributed by atoms with Crippen LogP contribution in [0.5, 0.6) is 5.75 Å². The number of hydrogen-bond donors (Lipinski definition) is 5. The summed E-state index contributed by atoms with van der Waals surface area (Å²) in [6.07, 6.45) is -8.18. The van der Waals surface area contributed by atoms with Crippen molar-refractivity contribution in [3.05, 3.63) is 59.7 Å². The predicted octanol–water partition coefficient (Wildman–Crippen LogP) is 0.742. The second kappa shape index (κ2) is 8.93. The number of carbonyl (C=O) groups is 1. The SMILES string of the molecule is O=C(O)[C@H]1OC(Oc2ccc3c(c2)SCCNC3c2ccccc2)[C@H](O)[C@@H](O)[C@@H]1O. The number of aliphatic hydroxyl groups is 3. The number of aliphatic hydroxyl groups excluding tert-OH is 3. The van der Waals surface area contributed by atoms with Crippen LogP contribution >= 0.6 is 11.8 Å². The molecule has 2 aliphatic heterocycles. The first-order valence-electron chi connectivity index (χ1n) is 9.60. The molecule has 0 radical (unpaired) electrons. The van der Waals surface area contributed by atoms with Gasteiger partial charge in [-0.05, 0) is 23.3 Å². The van der Waals surface area contributed by atoms with Crippen molar-refractivity contribution < 1.29 is 34.7 Å². The van der Waals surface area contributed by atoms with Crippen LogP contribution in [0.15, 0.2) is 53.4 Å². The zero-order chi connectivity index (χ0) is 21.3. The average molecular weight is 433 g/mol. The summed E-state index contributed by atoms with van der Waals surface area (Å²) in [5.74, 6) is -0.225. The Kier molecular flexibility index (Phi) is 6.28. The van der Waals surface area contributed by atoms with Crippen molar-refractivity contribution in [1.29, 1.82) is 0 Å². The second-order valence-electron chi connectivity index (χ2n) is 7.20. The molecule has 160 valence electrons. The van der Waals surface area contributed by atoms with Gasteiger partial charge in [-0.25, -0.2) is 4.79 Å². The van der Waals surface area contributed by atoms with Crippen LogP contribution < -0.4 is 10.1 Å². The first-order valence-corrected chi connectivity index (χ1v) is 10.6. The zero-order valence-corrected chi connectivity index (χ0v) is 16.7. The average Bonchev–Trinajstić information content (AvgIpc) is 2.96. The van der Waals surface area contributed by atoms with E-state index in [1.165, 1.54) is 0 Å². The molecule has 9 heteroatoms. The molecular weight excluding hydrogens is 410 g/mol. The minimum atomic E-state index is -1.75. The van der Waals surface area contributed by atoms with E-state index in [2.05, 4.69) is 17.4 Å². The predicted molar refractivity (Wildman–Crippen MR) is 108 cm³/mol. The number of benzene rings is 2. The molecule has 2 aromatic carbocycles. The van der Waals surface area contributed by atoms with E-state index in [0.717, 1.165) is 28.3 Å². The van der Waals surface area contributed by atoms with Gasteiger partial charge in [-0.2, -0.15) is 0 Å². The number of nitrogens with one attached hydrogen (secondary N) is 1. The van der Waals surface area contributed by atoms with Crippen molar-refractivity contribution >= 4 is 17.7 Å². The van der Waals surface area contributed by atoms with Gasteiger partial charge >= 0.3 is 5.97 Å². The summed E-state index contributed by atoms with van der Waals surface area (Å²) >= 11 is 1.66. The van der Waals surface area contributed by atoms with Crippen LogP contribution in [-0.4, -0.2) is 69.4 Å². The zero-order valence-electron chi connectivity index (χ0n) is 15.9. The van der Waals surface area contributed by atoms with Gasteiger partial charge in [0.1, 0.15) is 24.1 Å². The lowest BCUT2D eigenvalue weighted by atomic mass is 9.98. The minimum absolute atomic E-state index is 0.0233. The third kappa shape index (κ3) is 4.18. The molecule has 0 amide bonds. The lowest BCUT2D eigenvalue weighted by molar-refractivity contribution is -0.271. The van der Waals surface area contributed by atoms with Crippen molar-refractivity contribution in [2.45, 2.75) is 41.6 Å². The van der Waals surface area contributed by atoms with Crippen molar-refractivity contribution in [2.75, 3.05) is 12.3 Å². The van der Waals surface area contributed by atoms with E-state index in [4.69, 9.17) is 9.47 Å². The molecule has 2 unspecified atom stereocenters. The summed E-state index contributed by atoms with van der Waals surface area (Å²) < 4.78 is 10.9. The Morgan fingerprint density at radius 3 is 2.57 bits per heavy atom. The molecule has 8 nitrogen and oxygen atoms in total. The molecule has 30 heavy (non-hydrogen) atoms. The maximum atomic E-state index is 11.3. The third-order valence-corrected chi connectivity index (χ3v) is 6.28. The van der Waals surface area contributed by atoms with Crippen LogP contribution in [0.3, 0.4) is 0 Å². The summed E-state index contributed by atoms with van der Waals surface area (Å²) in [7, 11) is 0. The van der Waals surface area contributed by atoms with Gasteiger partial charge in [0.15, 0.2) is 6.10 Å². The molecule has 0 saturated carbocycles. The van der Waals surface area contributed by atoms with Gasteiger partial charge < -0.3 is 35.2 Å². The van der Waals surface area contributed by atoms with Crippen LogP contribution in [0, 0.1) is 0 Å². The van der Waals surface area contributed by atoms with E-state index < -0.39 is 36.7 Å². The minimum Gasteiger partial charge on any atom is -0.479 e. The highest BCUT2D eigenvalue weighted by Gasteiger charge is 2.48. The standard InChI is InChI=1S/C21H23NO7S/c23-16-17(24)19(20(26)27)29-21(18(16)25)28-12-6-7-13-14(10-12)30-9-8-22-15(13)11-4-2-1-3-5-11/h1-7,10,15-19,21-25H,8-9H2,(H,26,27)/t15?,16-,17-,18+,19-,21?/m0/s1. The van der Waals surface area contributed by atoms with Gasteiger partial charge in [0, 0.05) is 17.2 Å². The highest BCUT2D eigenvalue weighted by Crippen LogP contribution is 2.37. The normalized spacial score (nSPS) is 31.4. The van der Waals surface area contributed by atoms with E-state index in [0.29, 0.717) is 5.75 Å². The van der Waals surface area contributed by atoms with Crippen LogP contribution in [0.1, 0.15) is 17.2 Å². The molecule has 0 aromatic heterocycles. The maximum absolute atomic E-state index is 11.3. The molecule has 2 heterocycles. The van der Waals surface area contributed by atoms with Gasteiger partial charge in [0.05, 0.1) is 6.04 Å². The van der Waals surface area contributed by atoms with Crippen molar-refractivity contribution in [2.24, 2.45) is 0 Å². The fourth-order valence-electron chi connectivity index (χ4n) is 3.65. The molecule has 0 spiro atoms. The Balaban J connectivity index is 1.58. The molecule has 4 rings (SSSR count). The lowest BCUT2D eigenvalue weighted by Gasteiger charge is -2.38. The summed E-state index contributed by atoms with van der Waals surface area (Å²) in [6, 6.07) is 15.5. The van der Waals surface area contributed by atoms with E-state index >= 15 is 0 Å². The number of carboxylic acids is 1. The Bertz CT molecular complexity index is 896. The van der Waals surface area contributed by atoms with Gasteiger partial charge in [0.25, 0.3) is 0 Å². The molecule has 6 atom stereocenters. The number of thioether (sulfide) groups is 1. The van der Waals surface area contributed by atoms with Crippen LogP contribution in [0.25, 0.3) is 0 Å². The Hall–Kier alpha value is -2.14. The van der Waals surface area contributed by atoms with Crippen LogP contribution in [-0.2, 0) is 9.53 Å². The van der Waals surface area contributed by atoms with Crippen molar-refractivity contribution in [3.63, 3.8) is 0 Å². The first-order chi connectivity index (χ1) is 14.5. The summed E-state index contributed by atoms with van der Waals surface area (Å²) in [6.45, 7) is 0.823. The van der Waals surface area contributed by atoms with E-state index in [1.807, 2.05) is 30.3 Å². The molecule has 0 aliphatic carbocycles. The monoisotopic (exact) mass is 433 g/mol. The lowest BCUT2D eigenvalue weighted by Crippen LogP contribution is -2.61. The summed E-state index contributed by atoms with van der Waals surface area (Å²) in [4.78, 5) is 12.3. The summed E-state index contributed by atoms with van der Waals surface area (Å²) in [5, 5.41) is 42.7. The highest BCUT2D eigenvalue weighted by molar-refractivity contribution is 7.99. The molecule has 1 fully saturated rings. The number of fused-ring (bicyclic) bond motifs is 1. The third-order valence-electron chi connectivity index (χ3n) is 5.20. The topological polar surface area (TPSA) is 128 Å². The Morgan fingerprint density at radius 1 is 1.07 bits per heavy atom. The number of hydrogen-bond acceptors (Lipinski definition) is 8. The molecule has 1 saturated heterocycles. The highest BCUT2D eigenvalue weighted by atomic mass is 32.2. The largest absolute Gasteiger partial charge is 0.479 e. The van der Waals surface area contributed by atoms with Gasteiger partial charge in [-0.1, -0.05) is 36.4 Å². The van der Waals surface area contributed by atoms with Gasteiger partial charge in [-0.15, -0.1) is 11.8 Å².